The molecule has 0 bridgehead atoms. The summed E-state index contributed by atoms with van der Waals surface area (Å²) in [6.07, 6.45) is 8.82. The summed E-state index contributed by atoms with van der Waals surface area (Å²) in [5.41, 5.74) is 1.60. The van der Waals surface area contributed by atoms with Crippen molar-refractivity contribution in [2.24, 2.45) is 0 Å². The number of aliphatic carboxylic acids is 1. The average Bonchev–Trinajstić information content (AvgIpc) is 2.47. The lowest BCUT2D eigenvalue weighted by Gasteiger charge is -2.35. The molecule has 1 aromatic rings. The molecule has 0 aliphatic heterocycles. The van der Waals surface area contributed by atoms with Gasteiger partial charge >= 0.3 is 5.97 Å². The number of rotatable bonds is 4. The summed E-state index contributed by atoms with van der Waals surface area (Å²) in [5, 5.41) is 9.88. The molecule has 0 radical (unpaired) electrons. The predicted octanol–water partition coefficient (Wildman–Crippen LogP) is 4.73. The number of hydrogen-bond donors (Lipinski definition) is 1. The van der Waals surface area contributed by atoms with Crippen molar-refractivity contribution in [3.63, 3.8) is 0 Å². The monoisotopic (exact) mass is 310 g/mol. The molecule has 0 atom stereocenters. The van der Waals surface area contributed by atoms with Crippen molar-refractivity contribution in [2.45, 2.75) is 54.2 Å². The van der Waals surface area contributed by atoms with Gasteiger partial charge in [0.2, 0.25) is 0 Å². The standard InChI is InChI=1S/C16H22O2S2/c1-11-9-14(20-3)12(10-13(11)19-2)16(15(17)18)7-5-4-6-8-16/h9-10H,4-8H2,1-3H3,(H,17,18). The Bertz CT molecular complexity index is 505. The first-order chi connectivity index (χ1) is 9.55. The van der Waals surface area contributed by atoms with Gasteiger partial charge in [-0.15, -0.1) is 23.5 Å². The Kier molecular flexibility index (Phi) is 5.08. The molecule has 1 aliphatic carbocycles. The van der Waals surface area contributed by atoms with Gasteiger partial charge in [-0.25, -0.2) is 0 Å². The van der Waals surface area contributed by atoms with E-state index in [1.54, 1.807) is 23.5 Å². The van der Waals surface area contributed by atoms with E-state index in [-0.39, 0.29) is 0 Å². The third-order valence-electron chi connectivity index (χ3n) is 4.35. The van der Waals surface area contributed by atoms with E-state index in [9.17, 15) is 9.90 Å². The van der Waals surface area contributed by atoms with Crippen LogP contribution in [0.15, 0.2) is 21.9 Å². The van der Waals surface area contributed by atoms with Crippen LogP contribution >= 0.6 is 23.5 Å². The van der Waals surface area contributed by atoms with Crippen LogP contribution in [0.25, 0.3) is 0 Å². The van der Waals surface area contributed by atoms with Crippen LogP contribution in [0.2, 0.25) is 0 Å². The molecular weight excluding hydrogens is 288 g/mol. The quantitative estimate of drug-likeness (QED) is 0.816. The Morgan fingerprint density at radius 3 is 2.20 bits per heavy atom. The third-order valence-corrected chi connectivity index (χ3v) is 6.01. The Morgan fingerprint density at radius 1 is 1.10 bits per heavy atom. The minimum atomic E-state index is -0.672. The number of hydrogen-bond acceptors (Lipinski definition) is 3. The molecule has 110 valence electrons. The second-order valence-corrected chi connectivity index (χ2v) is 7.17. The van der Waals surface area contributed by atoms with E-state index in [0.29, 0.717) is 0 Å². The van der Waals surface area contributed by atoms with Gasteiger partial charge in [-0.2, -0.15) is 0 Å². The zero-order valence-electron chi connectivity index (χ0n) is 12.4. The number of carbonyl (C=O) groups is 1. The van der Waals surface area contributed by atoms with Gasteiger partial charge in [-0.1, -0.05) is 19.3 Å². The van der Waals surface area contributed by atoms with Crippen molar-refractivity contribution in [3.8, 4) is 0 Å². The van der Waals surface area contributed by atoms with Gasteiger partial charge in [-0.3, -0.25) is 4.79 Å². The average molecular weight is 310 g/mol. The second kappa shape index (κ2) is 6.44. The summed E-state index contributed by atoms with van der Waals surface area (Å²) < 4.78 is 0. The van der Waals surface area contributed by atoms with Gasteiger partial charge < -0.3 is 5.11 Å². The van der Waals surface area contributed by atoms with E-state index < -0.39 is 11.4 Å². The number of carboxylic acid groups (broad SMARTS) is 1. The summed E-state index contributed by atoms with van der Waals surface area (Å²) in [4.78, 5) is 14.3. The zero-order chi connectivity index (χ0) is 14.8. The molecule has 0 heterocycles. The fourth-order valence-electron chi connectivity index (χ4n) is 3.18. The van der Waals surface area contributed by atoms with Crippen LogP contribution in [0, 0.1) is 6.92 Å². The van der Waals surface area contributed by atoms with Gasteiger partial charge in [0.15, 0.2) is 0 Å². The molecule has 0 amide bonds. The van der Waals surface area contributed by atoms with E-state index in [1.807, 2.05) is 6.26 Å². The highest BCUT2D eigenvalue weighted by Crippen LogP contribution is 2.45. The Morgan fingerprint density at radius 2 is 1.70 bits per heavy atom. The first-order valence-corrected chi connectivity index (χ1v) is 9.46. The maximum atomic E-state index is 12.0. The molecular formula is C16H22O2S2. The molecule has 1 saturated carbocycles. The molecule has 20 heavy (non-hydrogen) atoms. The largest absolute Gasteiger partial charge is 0.481 e. The summed E-state index contributed by atoms with van der Waals surface area (Å²) >= 11 is 3.37. The molecule has 0 aromatic heterocycles. The summed E-state index contributed by atoms with van der Waals surface area (Å²) in [7, 11) is 0. The highest BCUT2D eigenvalue weighted by Gasteiger charge is 2.42. The summed E-state index contributed by atoms with van der Waals surface area (Å²) in [5.74, 6) is -0.650. The topological polar surface area (TPSA) is 37.3 Å². The molecule has 1 fully saturated rings. The Hall–Kier alpha value is -0.610. The number of aryl methyl sites for hydroxylation is 1. The lowest BCUT2D eigenvalue weighted by Crippen LogP contribution is -2.38. The minimum absolute atomic E-state index is 0.650. The number of benzene rings is 1. The molecule has 1 N–H and O–H groups in total. The Balaban J connectivity index is 2.60. The lowest BCUT2D eigenvalue weighted by atomic mass is 9.69. The van der Waals surface area contributed by atoms with Gasteiger partial charge in [-0.05, 0) is 55.5 Å². The summed E-state index contributed by atoms with van der Waals surface area (Å²) in [6, 6.07) is 4.29. The van der Waals surface area contributed by atoms with Crippen LogP contribution in [-0.2, 0) is 10.2 Å². The third kappa shape index (κ3) is 2.73. The van der Waals surface area contributed by atoms with Crippen molar-refractivity contribution in [3.05, 3.63) is 23.3 Å². The van der Waals surface area contributed by atoms with Crippen molar-refractivity contribution in [2.75, 3.05) is 12.5 Å². The van der Waals surface area contributed by atoms with Crippen molar-refractivity contribution < 1.29 is 9.90 Å². The number of carboxylic acids is 1. The van der Waals surface area contributed by atoms with Crippen molar-refractivity contribution >= 4 is 29.5 Å². The SMILES string of the molecule is CSc1cc(C2(C(=O)O)CCCCC2)c(SC)cc1C. The normalized spacial score (nSPS) is 17.9. The predicted molar refractivity (Wildman–Crippen MR) is 87.1 cm³/mol. The smallest absolute Gasteiger partial charge is 0.314 e. The first kappa shape index (κ1) is 15.8. The molecule has 0 unspecified atom stereocenters. The van der Waals surface area contributed by atoms with Gasteiger partial charge in [0.05, 0.1) is 5.41 Å². The Labute approximate surface area is 129 Å². The molecule has 2 rings (SSSR count). The van der Waals surface area contributed by atoms with Crippen LogP contribution in [0.1, 0.15) is 43.2 Å². The lowest BCUT2D eigenvalue weighted by molar-refractivity contribution is -0.145. The molecule has 0 saturated heterocycles. The second-order valence-electron chi connectivity index (χ2n) is 5.47. The highest BCUT2D eigenvalue weighted by atomic mass is 32.2. The van der Waals surface area contributed by atoms with E-state index in [0.717, 1.165) is 42.6 Å². The van der Waals surface area contributed by atoms with Gasteiger partial charge in [0.25, 0.3) is 0 Å². The van der Waals surface area contributed by atoms with Crippen LogP contribution in [0.4, 0.5) is 0 Å². The van der Waals surface area contributed by atoms with E-state index in [4.69, 9.17) is 0 Å². The van der Waals surface area contributed by atoms with Gasteiger partial charge in [0, 0.05) is 9.79 Å². The highest BCUT2D eigenvalue weighted by molar-refractivity contribution is 7.99. The van der Waals surface area contributed by atoms with E-state index in [2.05, 4.69) is 25.3 Å². The fraction of sp³-hybridized carbons (Fsp3) is 0.562. The van der Waals surface area contributed by atoms with Crippen molar-refractivity contribution in [1.82, 2.24) is 0 Å². The first-order valence-electron chi connectivity index (χ1n) is 7.01. The maximum absolute atomic E-state index is 12.0. The molecule has 0 spiro atoms. The van der Waals surface area contributed by atoms with Crippen LogP contribution in [0.3, 0.4) is 0 Å². The van der Waals surface area contributed by atoms with E-state index >= 15 is 0 Å². The number of thioether (sulfide) groups is 2. The molecule has 1 aromatic carbocycles. The molecule has 4 heteroatoms. The zero-order valence-corrected chi connectivity index (χ0v) is 14.0. The molecule has 1 aliphatic rings. The fourth-order valence-corrected chi connectivity index (χ4v) is 4.56. The minimum Gasteiger partial charge on any atom is -0.481 e. The van der Waals surface area contributed by atoms with Crippen LogP contribution in [0.5, 0.6) is 0 Å². The van der Waals surface area contributed by atoms with Crippen molar-refractivity contribution in [1.29, 1.82) is 0 Å². The molecule has 2 nitrogen and oxygen atoms in total. The maximum Gasteiger partial charge on any atom is 0.314 e. The van der Waals surface area contributed by atoms with Crippen LogP contribution < -0.4 is 0 Å². The summed E-state index contributed by atoms with van der Waals surface area (Å²) in [6.45, 7) is 2.10. The van der Waals surface area contributed by atoms with E-state index in [1.165, 1.54) is 10.5 Å². The van der Waals surface area contributed by atoms with Crippen LogP contribution in [-0.4, -0.2) is 23.6 Å². The van der Waals surface area contributed by atoms with Gasteiger partial charge in [0.1, 0.15) is 0 Å².